The molecule has 1 aliphatic rings. The second-order valence-corrected chi connectivity index (χ2v) is 6.47. The van der Waals surface area contributed by atoms with Gasteiger partial charge >= 0.3 is 6.09 Å². The van der Waals surface area contributed by atoms with E-state index in [1.54, 1.807) is 45.0 Å². The molecular weight excluding hydrogens is 301 g/mol. The summed E-state index contributed by atoms with van der Waals surface area (Å²) in [5.41, 5.74) is 5.03. The number of nitrogens with zero attached hydrogens (tertiary/aromatic N) is 1. The molecule has 1 aromatic carbocycles. The molecule has 7 heteroatoms. The van der Waals surface area contributed by atoms with Crippen LogP contribution in [0.15, 0.2) is 29.3 Å². The molecule has 0 unspecified atom stereocenters. The van der Waals surface area contributed by atoms with Crippen LogP contribution in [0, 0.1) is 0 Å². The van der Waals surface area contributed by atoms with E-state index in [0.29, 0.717) is 11.3 Å². The largest absolute Gasteiger partial charge is 0.444 e. The van der Waals surface area contributed by atoms with Gasteiger partial charge in [0.1, 0.15) is 30.3 Å². The SMILES string of the molecule is CC(C)(C)OC(=O)NC1=N[C@](CF)(c2cccc(N)c2)COC1. The van der Waals surface area contributed by atoms with Crippen molar-refractivity contribution in [2.24, 2.45) is 4.99 Å². The lowest BCUT2D eigenvalue weighted by atomic mass is 9.91. The number of aliphatic imine (C=N–C) groups is 1. The summed E-state index contributed by atoms with van der Waals surface area (Å²) in [6.45, 7) is 4.66. The molecule has 1 heterocycles. The van der Waals surface area contributed by atoms with Crippen LogP contribution in [-0.4, -0.2) is 37.4 Å². The van der Waals surface area contributed by atoms with Gasteiger partial charge in [-0.05, 0) is 38.5 Å². The number of carbonyl (C=O) groups is 1. The molecule has 0 saturated carbocycles. The number of amides is 1. The molecule has 0 radical (unpaired) electrons. The minimum absolute atomic E-state index is 0.0758. The number of amidine groups is 1. The third-order valence-corrected chi connectivity index (χ3v) is 3.22. The Kier molecular flexibility index (Phi) is 4.89. The van der Waals surface area contributed by atoms with E-state index in [0.717, 1.165) is 0 Å². The van der Waals surface area contributed by atoms with Gasteiger partial charge in [-0.2, -0.15) is 0 Å². The van der Waals surface area contributed by atoms with Gasteiger partial charge in [-0.3, -0.25) is 10.3 Å². The van der Waals surface area contributed by atoms with Crippen molar-refractivity contribution < 1.29 is 18.7 Å². The van der Waals surface area contributed by atoms with E-state index in [1.807, 2.05) is 0 Å². The summed E-state index contributed by atoms with van der Waals surface area (Å²) in [6, 6.07) is 6.83. The smallest absolute Gasteiger partial charge is 0.413 e. The normalized spacial score (nSPS) is 21.5. The summed E-state index contributed by atoms with van der Waals surface area (Å²) >= 11 is 0. The van der Waals surface area contributed by atoms with Crippen molar-refractivity contribution >= 4 is 17.6 Å². The minimum Gasteiger partial charge on any atom is -0.444 e. The number of alkyl carbamates (subject to hydrolysis) is 1. The standard InChI is InChI=1S/C16H22FN3O3/c1-15(2,3)23-14(21)19-13-8-22-10-16(9-17,20-13)11-5-4-6-12(18)7-11/h4-7H,8-10,18H2,1-3H3,(H,19,20,21)/t16-/m0/s1. The molecule has 0 aromatic heterocycles. The van der Waals surface area contributed by atoms with Crippen LogP contribution in [0.2, 0.25) is 0 Å². The summed E-state index contributed by atoms with van der Waals surface area (Å²) in [5.74, 6) is 0.227. The van der Waals surface area contributed by atoms with Crippen LogP contribution in [0.1, 0.15) is 26.3 Å². The maximum Gasteiger partial charge on any atom is 0.413 e. The minimum atomic E-state index is -1.21. The van der Waals surface area contributed by atoms with Crippen LogP contribution in [0.5, 0.6) is 0 Å². The molecule has 2 rings (SSSR count). The zero-order valence-corrected chi connectivity index (χ0v) is 13.6. The van der Waals surface area contributed by atoms with Crippen molar-refractivity contribution in [3.63, 3.8) is 0 Å². The number of benzene rings is 1. The van der Waals surface area contributed by atoms with Crippen molar-refractivity contribution in [1.82, 2.24) is 5.32 Å². The predicted octanol–water partition coefficient (Wildman–Crippen LogP) is 2.39. The van der Waals surface area contributed by atoms with E-state index in [4.69, 9.17) is 15.2 Å². The fraction of sp³-hybridized carbons (Fsp3) is 0.500. The molecule has 23 heavy (non-hydrogen) atoms. The Labute approximate surface area is 134 Å². The van der Waals surface area contributed by atoms with Gasteiger partial charge in [-0.25, -0.2) is 9.18 Å². The molecule has 1 atom stereocenters. The van der Waals surface area contributed by atoms with E-state index in [-0.39, 0.29) is 19.0 Å². The molecular formula is C16H22FN3O3. The van der Waals surface area contributed by atoms with E-state index in [9.17, 15) is 9.18 Å². The topological polar surface area (TPSA) is 85.9 Å². The van der Waals surface area contributed by atoms with Gasteiger partial charge in [0.2, 0.25) is 0 Å². The molecule has 1 aromatic rings. The molecule has 6 nitrogen and oxygen atoms in total. The number of alkyl halides is 1. The quantitative estimate of drug-likeness (QED) is 0.818. The molecule has 0 saturated heterocycles. The summed E-state index contributed by atoms with van der Waals surface area (Å²) in [6.07, 6.45) is -0.651. The number of carbonyl (C=O) groups excluding carboxylic acids is 1. The lowest BCUT2D eigenvalue weighted by Crippen LogP contribution is -2.46. The zero-order chi connectivity index (χ0) is 17.1. The zero-order valence-electron chi connectivity index (χ0n) is 13.6. The van der Waals surface area contributed by atoms with E-state index < -0.39 is 23.9 Å². The lowest BCUT2D eigenvalue weighted by Gasteiger charge is -2.32. The molecule has 1 aliphatic heterocycles. The Morgan fingerprint density at radius 1 is 1.52 bits per heavy atom. The van der Waals surface area contributed by atoms with Crippen LogP contribution >= 0.6 is 0 Å². The van der Waals surface area contributed by atoms with Crippen LogP contribution < -0.4 is 11.1 Å². The van der Waals surface area contributed by atoms with Crippen LogP contribution in [0.3, 0.4) is 0 Å². The Morgan fingerprint density at radius 3 is 2.87 bits per heavy atom. The fourth-order valence-corrected chi connectivity index (χ4v) is 2.25. The van der Waals surface area contributed by atoms with Crippen molar-refractivity contribution in [3.8, 4) is 0 Å². The molecule has 0 spiro atoms. The van der Waals surface area contributed by atoms with E-state index >= 15 is 0 Å². The number of nitrogens with one attached hydrogen (secondary N) is 1. The number of rotatable bonds is 2. The van der Waals surface area contributed by atoms with E-state index in [2.05, 4.69) is 10.3 Å². The maximum absolute atomic E-state index is 13.8. The first kappa shape index (κ1) is 17.2. The average Bonchev–Trinajstić information content (AvgIpc) is 2.45. The number of nitrogen functional groups attached to an aromatic ring is 1. The van der Waals surface area contributed by atoms with Crippen LogP contribution in [0.25, 0.3) is 0 Å². The first-order valence-electron chi connectivity index (χ1n) is 7.32. The molecule has 1 amide bonds. The highest BCUT2D eigenvalue weighted by atomic mass is 19.1. The monoisotopic (exact) mass is 323 g/mol. The van der Waals surface area contributed by atoms with Gasteiger partial charge < -0.3 is 15.2 Å². The average molecular weight is 323 g/mol. The van der Waals surface area contributed by atoms with Gasteiger partial charge in [0, 0.05) is 5.69 Å². The second-order valence-electron chi connectivity index (χ2n) is 6.47. The van der Waals surface area contributed by atoms with Crippen molar-refractivity contribution in [3.05, 3.63) is 29.8 Å². The Morgan fingerprint density at radius 2 is 2.26 bits per heavy atom. The van der Waals surface area contributed by atoms with Crippen molar-refractivity contribution in [2.45, 2.75) is 31.9 Å². The molecule has 0 fully saturated rings. The van der Waals surface area contributed by atoms with Crippen molar-refractivity contribution in [2.75, 3.05) is 25.6 Å². The highest BCUT2D eigenvalue weighted by Crippen LogP contribution is 2.30. The summed E-state index contributed by atoms with van der Waals surface area (Å²) in [7, 11) is 0. The Bertz CT molecular complexity index is 613. The predicted molar refractivity (Wildman–Crippen MR) is 86.1 cm³/mol. The number of anilines is 1. The Balaban J connectivity index is 2.23. The first-order chi connectivity index (χ1) is 10.7. The number of ether oxygens (including phenoxy) is 2. The summed E-state index contributed by atoms with van der Waals surface area (Å²) in [4.78, 5) is 16.2. The van der Waals surface area contributed by atoms with Gasteiger partial charge in [0.15, 0.2) is 0 Å². The lowest BCUT2D eigenvalue weighted by molar-refractivity contribution is 0.0530. The number of halogens is 1. The van der Waals surface area contributed by atoms with Gasteiger partial charge in [0.05, 0.1) is 6.61 Å². The van der Waals surface area contributed by atoms with Gasteiger partial charge in [0.25, 0.3) is 0 Å². The molecule has 0 bridgehead atoms. The molecule has 126 valence electrons. The number of hydrogen-bond acceptors (Lipinski definition) is 5. The summed E-state index contributed by atoms with van der Waals surface area (Å²) < 4.78 is 24.4. The second kappa shape index (κ2) is 6.54. The van der Waals surface area contributed by atoms with Gasteiger partial charge in [-0.15, -0.1) is 0 Å². The Hall–Kier alpha value is -2.15. The highest BCUT2D eigenvalue weighted by Gasteiger charge is 2.36. The van der Waals surface area contributed by atoms with Crippen LogP contribution in [0.4, 0.5) is 14.9 Å². The highest BCUT2D eigenvalue weighted by molar-refractivity contribution is 5.96. The fourth-order valence-electron chi connectivity index (χ4n) is 2.25. The summed E-state index contributed by atoms with van der Waals surface area (Å²) in [5, 5.41) is 2.51. The third kappa shape index (κ3) is 4.41. The first-order valence-corrected chi connectivity index (χ1v) is 7.32. The third-order valence-electron chi connectivity index (χ3n) is 3.22. The number of hydrogen-bond donors (Lipinski definition) is 2. The maximum atomic E-state index is 13.8. The van der Waals surface area contributed by atoms with Crippen molar-refractivity contribution in [1.29, 1.82) is 0 Å². The van der Waals surface area contributed by atoms with Crippen LogP contribution in [-0.2, 0) is 15.0 Å². The van der Waals surface area contributed by atoms with Gasteiger partial charge in [-0.1, -0.05) is 12.1 Å². The van der Waals surface area contributed by atoms with E-state index in [1.165, 1.54) is 0 Å². The molecule has 3 N–H and O–H groups in total. The molecule has 0 aliphatic carbocycles. The number of nitrogens with two attached hydrogens (primary N) is 1.